The van der Waals surface area contributed by atoms with E-state index in [9.17, 15) is 4.79 Å². The average Bonchev–Trinajstić information content (AvgIpc) is 2.44. The molecule has 0 saturated carbocycles. The maximum absolute atomic E-state index is 11.8. The Balaban J connectivity index is 2.87. The molecule has 0 aliphatic heterocycles. The highest BCUT2D eigenvalue weighted by atomic mass is 16.5. The summed E-state index contributed by atoms with van der Waals surface area (Å²) in [6, 6.07) is 5.31. The zero-order chi connectivity index (χ0) is 15.8. The molecule has 0 atom stereocenters. The maximum atomic E-state index is 11.8. The summed E-state index contributed by atoms with van der Waals surface area (Å²) < 4.78 is 5.04. The number of hydrogen-bond donors (Lipinski definition) is 1. The molecule has 0 saturated heterocycles. The van der Waals surface area contributed by atoms with Gasteiger partial charge in [-0.3, -0.25) is 0 Å². The Hall–Kier alpha value is -1.75. The van der Waals surface area contributed by atoms with Crippen molar-refractivity contribution in [3.05, 3.63) is 23.8 Å². The van der Waals surface area contributed by atoms with Gasteiger partial charge in [0.05, 0.1) is 23.5 Å². The Labute approximate surface area is 127 Å². The van der Waals surface area contributed by atoms with E-state index in [4.69, 9.17) is 10.5 Å². The summed E-state index contributed by atoms with van der Waals surface area (Å²) in [5.74, 6) is -0.303. The number of hydrogen-bond acceptors (Lipinski definition) is 5. The second-order valence-electron chi connectivity index (χ2n) is 5.23. The van der Waals surface area contributed by atoms with Crippen LogP contribution in [-0.4, -0.2) is 51.2 Å². The van der Waals surface area contributed by atoms with Crippen LogP contribution in [0.3, 0.4) is 0 Å². The smallest absolute Gasteiger partial charge is 0.338 e. The third-order valence-electron chi connectivity index (χ3n) is 3.30. The van der Waals surface area contributed by atoms with E-state index in [1.807, 2.05) is 6.07 Å². The number of carbonyl (C=O) groups excluding carboxylic acids is 1. The first-order chi connectivity index (χ1) is 9.99. The number of nitrogens with two attached hydrogens (primary N) is 1. The molecule has 0 fully saturated rings. The van der Waals surface area contributed by atoms with Crippen LogP contribution in [0.25, 0.3) is 0 Å². The molecule has 0 radical (unpaired) electrons. The van der Waals surface area contributed by atoms with Gasteiger partial charge < -0.3 is 20.3 Å². The van der Waals surface area contributed by atoms with Crippen molar-refractivity contribution in [3.63, 3.8) is 0 Å². The second-order valence-corrected chi connectivity index (χ2v) is 5.23. The molecule has 0 aliphatic carbocycles. The van der Waals surface area contributed by atoms with Gasteiger partial charge in [-0.25, -0.2) is 4.79 Å². The number of nitrogen functional groups attached to an aromatic ring is 1. The highest BCUT2D eigenvalue weighted by Gasteiger charge is 2.13. The predicted molar refractivity (Wildman–Crippen MR) is 87.9 cm³/mol. The highest BCUT2D eigenvalue weighted by molar-refractivity contribution is 5.92. The van der Waals surface area contributed by atoms with Crippen LogP contribution in [0.5, 0.6) is 0 Å². The van der Waals surface area contributed by atoms with Crippen LogP contribution in [0, 0.1) is 0 Å². The van der Waals surface area contributed by atoms with E-state index in [-0.39, 0.29) is 5.97 Å². The van der Waals surface area contributed by atoms with Crippen molar-refractivity contribution in [1.29, 1.82) is 0 Å². The Bertz CT molecular complexity index is 461. The van der Waals surface area contributed by atoms with Gasteiger partial charge in [0.2, 0.25) is 0 Å². The largest absolute Gasteiger partial charge is 0.462 e. The molecule has 5 heteroatoms. The van der Waals surface area contributed by atoms with Crippen LogP contribution < -0.4 is 10.6 Å². The third kappa shape index (κ3) is 5.27. The fraction of sp³-hybridized carbons (Fsp3) is 0.562. The molecule has 5 nitrogen and oxygen atoms in total. The molecule has 0 spiro atoms. The minimum Gasteiger partial charge on any atom is -0.462 e. The zero-order valence-electron chi connectivity index (χ0n) is 13.6. The lowest BCUT2D eigenvalue weighted by molar-refractivity contribution is 0.0526. The van der Waals surface area contributed by atoms with Crippen molar-refractivity contribution in [2.75, 3.05) is 51.0 Å². The first kappa shape index (κ1) is 17.3. The first-order valence-electron chi connectivity index (χ1n) is 7.45. The fourth-order valence-corrected chi connectivity index (χ4v) is 2.19. The van der Waals surface area contributed by atoms with Crippen LogP contribution in [0.1, 0.15) is 30.6 Å². The van der Waals surface area contributed by atoms with Gasteiger partial charge in [-0.2, -0.15) is 0 Å². The van der Waals surface area contributed by atoms with Crippen LogP contribution in [0.15, 0.2) is 18.2 Å². The molecular formula is C16H27N3O2. The summed E-state index contributed by atoms with van der Waals surface area (Å²) in [6.07, 6.45) is 1.05. The molecule has 1 aromatic carbocycles. The summed E-state index contributed by atoms with van der Waals surface area (Å²) in [5.41, 5.74) is 8.21. The van der Waals surface area contributed by atoms with E-state index in [2.05, 4.69) is 30.8 Å². The third-order valence-corrected chi connectivity index (χ3v) is 3.30. The number of nitrogens with zero attached hydrogens (tertiary/aromatic N) is 2. The second kappa shape index (κ2) is 8.52. The molecule has 0 unspecified atom stereocenters. The van der Waals surface area contributed by atoms with E-state index in [1.165, 1.54) is 0 Å². The summed E-state index contributed by atoms with van der Waals surface area (Å²) in [4.78, 5) is 16.2. The Morgan fingerprint density at radius 2 is 1.95 bits per heavy atom. The molecule has 0 heterocycles. The molecule has 2 N–H and O–H groups in total. The van der Waals surface area contributed by atoms with Gasteiger partial charge in [0.15, 0.2) is 0 Å². The van der Waals surface area contributed by atoms with Crippen LogP contribution in [0.4, 0.5) is 11.4 Å². The summed E-state index contributed by atoms with van der Waals surface area (Å²) >= 11 is 0. The molecule has 1 aromatic rings. The summed E-state index contributed by atoms with van der Waals surface area (Å²) in [6.45, 7) is 7.05. The topological polar surface area (TPSA) is 58.8 Å². The zero-order valence-corrected chi connectivity index (χ0v) is 13.6. The summed E-state index contributed by atoms with van der Waals surface area (Å²) in [7, 11) is 4.12. The van der Waals surface area contributed by atoms with Crippen molar-refractivity contribution >= 4 is 17.3 Å². The number of anilines is 2. The van der Waals surface area contributed by atoms with E-state index in [0.717, 1.165) is 31.7 Å². The molecule has 0 amide bonds. The monoisotopic (exact) mass is 293 g/mol. The van der Waals surface area contributed by atoms with Gasteiger partial charge in [0, 0.05) is 13.1 Å². The Morgan fingerprint density at radius 1 is 1.24 bits per heavy atom. The van der Waals surface area contributed by atoms with E-state index in [0.29, 0.717) is 17.9 Å². The fourth-order valence-electron chi connectivity index (χ4n) is 2.19. The van der Waals surface area contributed by atoms with Crippen LogP contribution in [-0.2, 0) is 4.74 Å². The van der Waals surface area contributed by atoms with E-state index in [1.54, 1.807) is 19.1 Å². The number of carbonyl (C=O) groups is 1. The summed E-state index contributed by atoms with van der Waals surface area (Å²) in [5, 5.41) is 0. The van der Waals surface area contributed by atoms with Crippen molar-refractivity contribution in [2.24, 2.45) is 0 Å². The molecule has 0 aromatic heterocycles. The quantitative estimate of drug-likeness (QED) is 0.588. The minimum absolute atomic E-state index is 0.303. The van der Waals surface area contributed by atoms with E-state index >= 15 is 0 Å². The standard InChI is InChI=1S/C16H27N3O2/c1-5-19(11-7-10-18(3)4)15-12-13(8-9-14(15)17)16(20)21-6-2/h8-9,12H,5-7,10-11,17H2,1-4H3. The van der Waals surface area contributed by atoms with Crippen LogP contribution >= 0.6 is 0 Å². The van der Waals surface area contributed by atoms with Gasteiger partial charge in [0.25, 0.3) is 0 Å². The van der Waals surface area contributed by atoms with Crippen molar-refractivity contribution in [2.45, 2.75) is 20.3 Å². The molecule has 118 valence electrons. The van der Waals surface area contributed by atoms with Gasteiger partial charge in [-0.15, -0.1) is 0 Å². The van der Waals surface area contributed by atoms with Crippen molar-refractivity contribution in [1.82, 2.24) is 4.90 Å². The van der Waals surface area contributed by atoms with Crippen molar-refractivity contribution < 1.29 is 9.53 Å². The number of ether oxygens (including phenoxy) is 1. The SMILES string of the molecule is CCOC(=O)c1ccc(N)c(N(CC)CCCN(C)C)c1. The lowest BCUT2D eigenvalue weighted by Crippen LogP contribution is -2.28. The van der Waals surface area contributed by atoms with Crippen molar-refractivity contribution in [3.8, 4) is 0 Å². The normalized spacial score (nSPS) is 10.7. The minimum atomic E-state index is -0.303. The molecule has 21 heavy (non-hydrogen) atoms. The number of benzene rings is 1. The highest BCUT2D eigenvalue weighted by Crippen LogP contribution is 2.25. The van der Waals surface area contributed by atoms with Gasteiger partial charge in [-0.05, 0) is 59.1 Å². The average molecular weight is 293 g/mol. The molecule has 0 aliphatic rings. The van der Waals surface area contributed by atoms with Gasteiger partial charge in [0.1, 0.15) is 0 Å². The number of rotatable bonds is 8. The van der Waals surface area contributed by atoms with Gasteiger partial charge in [-0.1, -0.05) is 0 Å². The van der Waals surface area contributed by atoms with Gasteiger partial charge >= 0.3 is 5.97 Å². The molecule has 1 rings (SSSR count). The lowest BCUT2D eigenvalue weighted by atomic mass is 10.1. The van der Waals surface area contributed by atoms with Crippen LogP contribution in [0.2, 0.25) is 0 Å². The lowest BCUT2D eigenvalue weighted by Gasteiger charge is -2.25. The first-order valence-corrected chi connectivity index (χ1v) is 7.45. The predicted octanol–water partition coefficient (Wildman–Crippen LogP) is 2.22. The Morgan fingerprint density at radius 3 is 2.52 bits per heavy atom. The molecular weight excluding hydrogens is 266 g/mol. The Kier molecular flexibility index (Phi) is 7.02. The van der Waals surface area contributed by atoms with E-state index < -0.39 is 0 Å². The number of esters is 1. The molecule has 0 bridgehead atoms. The maximum Gasteiger partial charge on any atom is 0.338 e.